The first-order valence-electron chi connectivity index (χ1n) is 2.58. The van der Waals surface area contributed by atoms with E-state index in [-0.39, 0.29) is 8.69 Å². The Kier molecular flexibility index (Phi) is 2.84. The van der Waals surface area contributed by atoms with Crippen molar-refractivity contribution in [2.45, 2.75) is 0 Å². The van der Waals surface area contributed by atoms with Crippen LogP contribution in [0.25, 0.3) is 0 Å². The van der Waals surface area contributed by atoms with Crippen molar-refractivity contribution in [3.8, 4) is 5.75 Å². The molecular weight excluding hydrogens is 215 g/mol. The first-order valence-corrected chi connectivity index (χ1v) is 4.10. The fourth-order valence-corrected chi connectivity index (χ4v) is 1.01. The van der Waals surface area contributed by atoms with Gasteiger partial charge in [0.25, 0.3) is 0 Å². The van der Waals surface area contributed by atoms with Crippen molar-refractivity contribution >= 4 is 24.6 Å². The molecule has 0 aliphatic carbocycles. The van der Waals surface area contributed by atoms with E-state index >= 15 is 0 Å². The van der Waals surface area contributed by atoms with Crippen LogP contribution < -0.4 is 4.52 Å². The minimum absolute atomic E-state index is 0.319. The van der Waals surface area contributed by atoms with E-state index in [2.05, 4.69) is 20.5 Å². The van der Waals surface area contributed by atoms with E-state index in [9.17, 15) is 4.57 Å². The zero-order valence-corrected chi connectivity index (χ0v) is 7.43. The Labute approximate surface area is 68.6 Å². The molecule has 0 radical (unpaired) electrons. The van der Waals surface area contributed by atoms with Crippen LogP contribution in [0.4, 0.5) is 0 Å². The summed E-state index contributed by atoms with van der Waals surface area (Å²) in [7, 11) is -0.319. The molecule has 0 bridgehead atoms. The molecule has 1 rings (SSSR count). The summed E-state index contributed by atoms with van der Waals surface area (Å²) < 4.78 is 15.6. The summed E-state index contributed by atoms with van der Waals surface area (Å²) >= 11 is 3.26. The van der Waals surface area contributed by atoms with Crippen LogP contribution in [-0.2, 0) is 4.57 Å². The van der Waals surface area contributed by atoms with Gasteiger partial charge in [0.1, 0.15) is 5.75 Å². The zero-order chi connectivity index (χ0) is 7.40. The number of halogens is 1. The maximum atomic E-state index is 9.92. The average Bonchev–Trinajstić information content (AvgIpc) is 1.95. The van der Waals surface area contributed by atoms with E-state index in [1.807, 2.05) is 12.1 Å². The third-order valence-electron chi connectivity index (χ3n) is 0.956. The van der Waals surface area contributed by atoms with Gasteiger partial charge in [0.2, 0.25) is 0 Å². The predicted molar refractivity (Wildman–Crippen MR) is 42.4 cm³/mol. The molecule has 0 aliphatic rings. The van der Waals surface area contributed by atoms with Crippen LogP contribution in [0.2, 0.25) is 0 Å². The molecule has 0 N–H and O–H groups in total. The molecule has 10 heavy (non-hydrogen) atoms. The Morgan fingerprint density at radius 3 is 2.40 bits per heavy atom. The van der Waals surface area contributed by atoms with E-state index in [0.29, 0.717) is 5.75 Å². The van der Waals surface area contributed by atoms with Crippen molar-refractivity contribution in [3.05, 3.63) is 28.7 Å². The average molecular weight is 219 g/mol. The molecule has 0 aromatic heterocycles. The number of benzene rings is 1. The number of hydrogen-bond acceptors (Lipinski definition) is 2. The van der Waals surface area contributed by atoms with Crippen LogP contribution in [-0.4, -0.2) is 0 Å². The maximum absolute atomic E-state index is 9.92. The highest BCUT2D eigenvalue weighted by Gasteiger charge is 1.90. The Morgan fingerprint density at radius 1 is 1.30 bits per heavy atom. The highest BCUT2D eigenvalue weighted by molar-refractivity contribution is 9.10. The zero-order valence-electron chi connectivity index (χ0n) is 4.95. The van der Waals surface area contributed by atoms with Crippen molar-refractivity contribution in [1.82, 2.24) is 0 Å². The lowest BCUT2D eigenvalue weighted by molar-refractivity contribution is 0.525. The molecule has 1 aromatic rings. The van der Waals surface area contributed by atoms with Gasteiger partial charge in [-0.1, -0.05) is 15.9 Å². The van der Waals surface area contributed by atoms with Crippen LogP contribution in [0.5, 0.6) is 5.75 Å². The largest absolute Gasteiger partial charge is 0.408 e. The highest BCUT2D eigenvalue weighted by atomic mass is 79.9. The van der Waals surface area contributed by atoms with Gasteiger partial charge in [-0.15, -0.1) is 0 Å². The van der Waals surface area contributed by atoms with Crippen molar-refractivity contribution in [2.75, 3.05) is 0 Å². The van der Waals surface area contributed by atoms with Crippen LogP contribution in [0.3, 0.4) is 0 Å². The molecule has 0 saturated carbocycles. The molecule has 0 fully saturated rings. The Hall–Kier alpha value is -0.400. The fourth-order valence-electron chi connectivity index (χ4n) is 0.538. The van der Waals surface area contributed by atoms with E-state index in [4.69, 9.17) is 0 Å². The summed E-state index contributed by atoms with van der Waals surface area (Å²) in [5, 5.41) is 0. The lowest BCUT2D eigenvalue weighted by atomic mass is 10.3. The lowest BCUT2D eigenvalue weighted by Gasteiger charge is -1.93. The second-order valence-electron chi connectivity index (χ2n) is 1.62. The van der Waals surface area contributed by atoms with Gasteiger partial charge in [-0.2, -0.15) is 0 Å². The summed E-state index contributed by atoms with van der Waals surface area (Å²) in [6.45, 7) is 0. The highest BCUT2D eigenvalue weighted by Crippen LogP contribution is 2.18. The molecular formula is C6H4BrO2P. The third-order valence-corrected chi connectivity index (χ3v) is 1.77. The summed E-state index contributed by atoms with van der Waals surface area (Å²) in [5.41, 5.74) is 0. The van der Waals surface area contributed by atoms with Crippen molar-refractivity contribution in [2.24, 2.45) is 0 Å². The van der Waals surface area contributed by atoms with Crippen LogP contribution >= 0.6 is 24.6 Å². The molecule has 0 heterocycles. The summed E-state index contributed by atoms with van der Waals surface area (Å²) in [5.74, 6) is 0.597. The Bertz CT molecular complexity index is 222. The van der Waals surface area contributed by atoms with Gasteiger partial charge in [0.15, 0.2) is 0 Å². The van der Waals surface area contributed by atoms with Crippen molar-refractivity contribution in [3.63, 3.8) is 0 Å². The van der Waals surface area contributed by atoms with Gasteiger partial charge in [-0.3, -0.25) is 0 Å². The summed E-state index contributed by atoms with van der Waals surface area (Å²) in [6, 6.07) is 7.10. The SMILES string of the molecule is O=POc1ccc(Br)cc1. The molecule has 4 heteroatoms. The first kappa shape index (κ1) is 7.70. The second kappa shape index (κ2) is 3.69. The monoisotopic (exact) mass is 218 g/mol. The van der Waals surface area contributed by atoms with E-state index in [1.165, 1.54) is 0 Å². The van der Waals surface area contributed by atoms with Gasteiger partial charge >= 0.3 is 8.69 Å². The molecule has 52 valence electrons. The lowest BCUT2D eigenvalue weighted by Crippen LogP contribution is -1.72. The van der Waals surface area contributed by atoms with Crippen LogP contribution in [0.1, 0.15) is 0 Å². The normalized spacial score (nSPS) is 9.70. The third kappa shape index (κ3) is 2.09. The van der Waals surface area contributed by atoms with Gasteiger partial charge in [0, 0.05) is 4.47 Å². The first-order chi connectivity index (χ1) is 4.83. The minimum Gasteiger partial charge on any atom is -0.408 e. The van der Waals surface area contributed by atoms with Gasteiger partial charge < -0.3 is 4.52 Å². The van der Waals surface area contributed by atoms with Gasteiger partial charge in [-0.05, 0) is 24.3 Å². The van der Waals surface area contributed by atoms with Crippen LogP contribution in [0, 0.1) is 0 Å². The van der Waals surface area contributed by atoms with E-state index < -0.39 is 0 Å². The van der Waals surface area contributed by atoms with E-state index in [0.717, 1.165) is 4.47 Å². The van der Waals surface area contributed by atoms with Crippen LogP contribution in [0.15, 0.2) is 28.7 Å². The maximum Gasteiger partial charge on any atom is 0.395 e. The minimum atomic E-state index is -0.319. The Balaban J connectivity index is 2.78. The van der Waals surface area contributed by atoms with Crippen molar-refractivity contribution in [1.29, 1.82) is 0 Å². The molecule has 2 nitrogen and oxygen atoms in total. The fraction of sp³-hybridized carbons (Fsp3) is 0. The summed E-state index contributed by atoms with van der Waals surface area (Å²) in [4.78, 5) is 0. The quantitative estimate of drug-likeness (QED) is 0.714. The molecule has 0 saturated heterocycles. The van der Waals surface area contributed by atoms with Crippen molar-refractivity contribution < 1.29 is 9.09 Å². The molecule has 0 aliphatic heterocycles. The number of hydrogen-bond donors (Lipinski definition) is 0. The molecule has 1 aromatic carbocycles. The molecule has 0 spiro atoms. The standard InChI is InChI=1S/C6H4BrO2P/c7-5-1-3-6(4-2-5)9-10-8/h1-4H. The van der Waals surface area contributed by atoms with E-state index in [1.54, 1.807) is 12.1 Å². The van der Waals surface area contributed by atoms with Gasteiger partial charge in [-0.25, -0.2) is 4.57 Å². The van der Waals surface area contributed by atoms with Gasteiger partial charge in [0.05, 0.1) is 0 Å². The summed E-state index contributed by atoms with van der Waals surface area (Å²) in [6.07, 6.45) is 0. The number of rotatable bonds is 2. The molecule has 0 atom stereocenters. The molecule has 0 unspecified atom stereocenters. The predicted octanol–water partition coefficient (Wildman–Crippen LogP) is 3.03. The smallest absolute Gasteiger partial charge is 0.395 e. The Morgan fingerprint density at radius 2 is 1.90 bits per heavy atom. The second-order valence-corrected chi connectivity index (χ2v) is 2.87. The topological polar surface area (TPSA) is 26.3 Å². The molecule has 0 amide bonds.